The molecule has 0 atom stereocenters. The smallest absolute Gasteiger partial charge is 0.272 e. The molecule has 0 unspecified atom stereocenters. The third-order valence-corrected chi connectivity index (χ3v) is 4.33. The quantitative estimate of drug-likeness (QED) is 0.616. The number of nitrogens with one attached hydrogen (secondary N) is 1. The number of aromatic nitrogens is 4. The number of fused-ring (bicyclic) bond motifs is 1. The van der Waals surface area contributed by atoms with Crippen molar-refractivity contribution >= 4 is 5.65 Å². The van der Waals surface area contributed by atoms with Gasteiger partial charge in [0.15, 0.2) is 5.65 Å². The largest absolute Gasteiger partial charge is 0.496 e. The first-order chi connectivity index (χ1) is 12.7. The lowest BCUT2D eigenvalue weighted by molar-refractivity contribution is 0.416. The van der Waals surface area contributed by atoms with Crippen LogP contribution in [0, 0.1) is 6.92 Å². The number of rotatable bonds is 4. The maximum Gasteiger partial charge on any atom is 0.272 e. The second kappa shape index (κ2) is 6.48. The SMILES string of the molecule is COc1ccccc1-c1c(C)[nH]n2c(=O)cc(Cc3cccnc3)nc12. The number of hydrogen-bond donors (Lipinski definition) is 1. The highest BCUT2D eigenvalue weighted by Gasteiger charge is 2.17. The number of hydrogen-bond acceptors (Lipinski definition) is 4. The Balaban J connectivity index is 1.91. The van der Waals surface area contributed by atoms with Gasteiger partial charge in [0.1, 0.15) is 5.75 Å². The molecule has 0 aliphatic rings. The lowest BCUT2D eigenvalue weighted by Crippen LogP contribution is -2.16. The number of pyridine rings is 1. The zero-order valence-electron chi connectivity index (χ0n) is 14.6. The summed E-state index contributed by atoms with van der Waals surface area (Å²) in [7, 11) is 1.64. The van der Waals surface area contributed by atoms with E-state index in [9.17, 15) is 4.79 Å². The van der Waals surface area contributed by atoms with Gasteiger partial charge in [0.05, 0.1) is 18.4 Å². The van der Waals surface area contributed by atoms with Gasteiger partial charge in [-0.15, -0.1) is 0 Å². The fourth-order valence-electron chi connectivity index (χ4n) is 3.17. The standard InChI is InChI=1S/C20H18N4O2/c1-13-19(16-7-3-4-8-17(16)26-2)20-22-15(11-18(25)24(20)23-13)10-14-6-5-9-21-12-14/h3-9,11-12,23H,10H2,1-2H3. The maximum atomic E-state index is 12.6. The Kier molecular flexibility index (Phi) is 4.01. The molecule has 0 amide bonds. The number of H-pyrrole nitrogens is 1. The summed E-state index contributed by atoms with van der Waals surface area (Å²) in [6, 6.07) is 13.1. The van der Waals surface area contributed by atoms with Gasteiger partial charge in [0, 0.05) is 36.1 Å². The highest BCUT2D eigenvalue weighted by molar-refractivity contribution is 5.83. The van der Waals surface area contributed by atoms with E-state index in [0.717, 1.165) is 28.1 Å². The van der Waals surface area contributed by atoms with E-state index in [1.807, 2.05) is 43.3 Å². The van der Waals surface area contributed by atoms with E-state index in [4.69, 9.17) is 9.72 Å². The van der Waals surface area contributed by atoms with Crippen LogP contribution in [0.25, 0.3) is 16.8 Å². The third-order valence-electron chi connectivity index (χ3n) is 4.33. The Morgan fingerprint density at radius 2 is 2.04 bits per heavy atom. The van der Waals surface area contributed by atoms with Crippen LogP contribution in [0.5, 0.6) is 5.75 Å². The maximum absolute atomic E-state index is 12.6. The highest BCUT2D eigenvalue weighted by Crippen LogP contribution is 2.34. The van der Waals surface area contributed by atoms with E-state index in [2.05, 4.69) is 10.1 Å². The van der Waals surface area contributed by atoms with Crippen molar-refractivity contribution in [1.82, 2.24) is 19.6 Å². The minimum atomic E-state index is -0.141. The summed E-state index contributed by atoms with van der Waals surface area (Å²) in [6.45, 7) is 1.93. The fourth-order valence-corrected chi connectivity index (χ4v) is 3.17. The van der Waals surface area contributed by atoms with Crippen LogP contribution in [0.3, 0.4) is 0 Å². The molecule has 26 heavy (non-hydrogen) atoms. The molecule has 4 rings (SSSR count). The molecule has 3 aromatic heterocycles. The first-order valence-electron chi connectivity index (χ1n) is 8.31. The predicted octanol–water partition coefficient (Wildman–Crippen LogP) is 2.99. The molecule has 4 aromatic rings. The summed E-state index contributed by atoms with van der Waals surface area (Å²) in [6.07, 6.45) is 4.06. The van der Waals surface area contributed by atoms with Gasteiger partial charge in [-0.2, -0.15) is 0 Å². The van der Waals surface area contributed by atoms with E-state index in [1.165, 1.54) is 4.52 Å². The monoisotopic (exact) mass is 346 g/mol. The van der Waals surface area contributed by atoms with E-state index in [-0.39, 0.29) is 5.56 Å². The van der Waals surface area contributed by atoms with Gasteiger partial charge in [-0.3, -0.25) is 14.9 Å². The molecular formula is C20H18N4O2. The number of para-hydroxylation sites is 1. The van der Waals surface area contributed by atoms with Gasteiger partial charge >= 0.3 is 0 Å². The molecule has 0 aliphatic carbocycles. The highest BCUT2D eigenvalue weighted by atomic mass is 16.5. The fraction of sp³-hybridized carbons (Fsp3) is 0.150. The first kappa shape index (κ1) is 16.1. The Labute approximate surface area is 150 Å². The minimum absolute atomic E-state index is 0.141. The average Bonchev–Trinajstić information content (AvgIpc) is 2.99. The van der Waals surface area contributed by atoms with Crippen molar-refractivity contribution in [3.05, 3.63) is 82.2 Å². The number of aromatic amines is 1. The van der Waals surface area contributed by atoms with Crippen LogP contribution in [-0.2, 0) is 6.42 Å². The minimum Gasteiger partial charge on any atom is -0.496 e. The van der Waals surface area contributed by atoms with Gasteiger partial charge in [-0.05, 0) is 24.6 Å². The van der Waals surface area contributed by atoms with Crippen molar-refractivity contribution in [3.8, 4) is 16.9 Å². The molecule has 3 heterocycles. The number of aryl methyl sites for hydroxylation is 1. The summed E-state index contributed by atoms with van der Waals surface area (Å²) < 4.78 is 6.97. The van der Waals surface area contributed by atoms with Crippen molar-refractivity contribution in [2.24, 2.45) is 0 Å². The molecule has 1 N–H and O–H groups in total. The van der Waals surface area contributed by atoms with Gasteiger partial charge in [-0.25, -0.2) is 9.50 Å². The topological polar surface area (TPSA) is 72.3 Å². The van der Waals surface area contributed by atoms with Crippen molar-refractivity contribution in [2.75, 3.05) is 7.11 Å². The second-order valence-electron chi connectivity index (χ2n) is 6.09. The van der Waals surface area contributed by atoms with Crippen LogP contribution in [0.15, 0.2) is 59.7 Å². The van der Waals surface area contributed by atoms with Crippen LogP contribution >= 0.6 is 0 Å². The van der Waals surface area contributed by atoms with Gasteiger partial charge in [0.25, 0.3) is 5.56 Å². The lowest BCUT2D eigenvalue weighted by Gasteiger charge is -2.08. The van der Waals surface area contributed by atoms with Gasteiger partial charge in [-0.1, -0.05) is 24.3 Å². The Bertz CT molecular complexity index is 1130. The number of benzene rings is 1. The summed E-state index contributed by atoms with van der Waals surface area (Å²) in [4.78, 5) is 21.5. The molecule has 6 nitrogen and oxygen atoms in total. The van der Waals surface area contributed by atoms with E-state index < -0.39 is 0 Å². The molecular weight excluding hydrogens is 328 g/mol. The first-order valence-corrected chi connectivity index (χ1v) is 8.31. The summed E-state index contributed by atoms with van der Waals surface area (Å²) in [5, 5.41) is 3.11. The van der Waals surface area contributed by atoms with Crippen molar-refractivity contribution < 1.29 is 4.74 Å². The average molecular weight is 346 g/mol. The van der Waals surface area contributed by atoms with Crippen LogP contribution in [0.1, 0.15) is 17.0 Å². The van der Waals surface area contributed by atoms with Crippen LogP contribution in [-0.4, -0.2) is 26.7 Å². The van der Waals surface area contributed by atoms with E-state index >= 15 is 0 Å². The molecule has 130 valence electrons. The third kappa shape index (κ3) is 2.75. The normalized spacial score (nSPS) is 11.0. The molecule has 6 heteroatoms. The van der Waals surface area contributed by atoms with E-state index in [1.54, 1.807) is 25.6 Å². The second-order valence-corrected chi connectivity index (χ2v) is 6.09. The molecule has 0 bridgehead atoms. The summed E-state index contributed by atoms with van der Waals surface area (Å²) in [5.74, 6) is 0.740. The lowest BCUT2D eigenvalue weighted by atomic mass is 10.0. The van der Waals surface area contributed by atoms with Crippen LogP contribution in [0.2, 0.25) is 0 Å². The predicted molar refractivity (Wildman–Crippen MR) is 99.6 cm³/mol. The van der Waals surface area contributed by atoms with Gasteiger partial charge in [0.2, 0.25) is 0 Å². The number of methoxy groups -OCH3 is 1. The zero-order valence-corrected chi connectivity index (χ0v) is 14.6. The molecule has 0 saturated carbocycles. The molecule has 0 spiro atoms. The van der Waals surface area contributed by atoms with Crippen molar-refractivity contribution in [3.63, 3.8) is 0 Å². The zero-order chi connectivity index (χ0) is 18.1. The molecule has 1 aromatic carbocycles. The Morgan fingerprint density at radius 3 is 2.81 bits per heavy atom. The molecule has 0 fully saturated rings. The van der Waals surface area contributed by atoms with Crippen molar-refractivity contribution in [2.45, 2.75) is 13.3 Å². The number of nitrogens with zero attached hydrogens (tertiary/aromatic N) is 3. The molecule has 0 aliphatic heterocycles. The Morgan fingerprint density at radius 1 is 1.19 bits per heavy atom. The van der Waals surface area contributed by atoms with Crippen molar-refractivity contribution in [1.29, 1.82) is 0 Å². The summed E-state index contributed by atoms with van der Waals surface area (Å²) >= 11 is 0. The summed E-state index contributed by atoms with van der Waals surface area (Å²) in [5.41, 5.74) is 4.80. The van der Waals surface area contributed by atoms with Crippen LogP contribution in [0.4, 0.5) is 0 Å². The molecule has 0 saturated heterocycles. The van der Waals surface area contributed by atoms with Gasteiger partial charge < -0.3 is 4.74 Å². The number of ether oxygens (including phenoxy) is 1. The molecule has 0 radical (unpaired) electrons. The Hall–Kier alpha value is -3.41. The van der Waals surface area contributed by atoms with Crippen LogP contribution < -0.4 is 10.3 Å². The van der Waals surface area contributed by atoms with E-state index in [0.29, 0.717) is 17.8 Å².